The fourth-order valence-corrected chi connectivity index (χ4v) is 3.99. The zero-order valence-corrected chi connectivity index (χ0v) is 10.5. The number of carbonyl (C=O) groups is 2. The van der Waals surface area contributed by atoms with E-state index in [1.165, 1.54) is 5.38 Å². The summed E-state index contributed by atoms with van der Waals surface area (Å²) in [5.41, 5.74) is 0.306. The zero-order chi connectivity index (χ0) is 12.0. The smallest absolute Gasteiger partial charge is 0.355 e. The molecule has 0 unspecified atom stereocenters. The largest absolute Gasteiger partial charge is 0.476 e. The van der Waals surface area contributed by atoms with E-state index in [1.807, 2.05) is 11.8 Å². The molecule has 3 rings (SSSR count). The molecule has 2 aliphatic rings. The first-order chi connectivity index (χ1) is 8.10. The maximum atomic E-state index is 12.0. The Morgan fingerprint density at radius 3 is 2.59 bits per heavy atom. The molecule has 0 bridgehead atoms. The molecular formula is C10H10N2O3S2. The summed E-state index contributed by atoms with van der Waals surface area (Å²) in [6.07, 6.45) is 0. The first kappa shape index (κ1) is 11.0. The molecule has 5 nitrogen and oxygen atoms in total. The number of rotatable bonds is 2. The summed E-state index contributed by atoms with van der Waals surface area (Å²) in [7, 11) is 0. The standard InChI is InChI=1S/C10H10N2O3S2/c13-8(7-11-6(1-17-7)9(14)15)12-2-10(3-12)4-16-5-10/h1H,2-5H2,(H,14,15). The van der Waals surface area contributed by atoms with Crippen molar-refractivity contribution in [3.8, 4) is 0 Å². The van der Waals surface area contributed by atoms with Crippen molar-refractivity contribution in [3.05, 3.63) is 16.1 Å². The fourth-order valence-electron chi connectivity index (χ4n) is 2.09. The van der Waals surface area contributed by atoms with Gasteiger partial charge in [0.05, 0.1) is 0 Å². The van der Waals surface area contributed by atoms with Crippen LogP contribution in [-0.2, 0) is 0 Å². The van der Waals surface area contributed by atoms with Crippen molar-refractivity contribution < 1.29 is 14.7 Å². The van der Waals surface area contributed by atoms with E-state index in [4.69, 9.17) is 5.11 Å². The molecule has 1 spiro atoms. The summed E-state index contributed by atoms with van der Waals surface area (Å²) < 4.78 is 0. The SMILES string of the molecule is O=C(O)c1csc(C(=O)N2CC3(CSC3)C2)n1. The van der Waals surface area contributed by atoms with Gasteiger partial charge in [0.1, 0.15) is 0 Å². The molecule has 1 aromatic heterocycles. The van der Waals surface area contributed by atoms with Crippen molar-refractivity contribution in [1.82, 2.24) is 9.88 Å². The lowest BCUT2D eigenvalue weighted by molar-refractivity contribution is 0.0230. The van der Waals surface area contributed by atoms with Crippen LogP contribution in [0, 0.1) is 5.41 Å². The lowest BCUT2D eigenvalue weighted by Gasteiger charge is -2.54. The number of hydrogen-bond acceptors (Lipinski definition) is 5. The van der Waals surface area contributed by atoms with E-state index >= 15 is 0 Å². The van der Waals surface area contributed by atoms with Gasteiger partial charge in [0, 0.05) is 35.4 Å². The van der Waals surface area contributed by atoms with E-state index in [0.29, 0.717) is 5.41 Å². The Kier molecular flexibility index (Phi) is 2.41. The predicted octanol–water partition coefficient (Wildman–Crippen LogP) is 1.03. The molecule has 1 N–H and O–H groups in total. The molecule has 0 saturated carbocycles. The third kappa shape index (κ3) is 1.73. The van der Waals surface area contributed by atoms with E-state index in [9.17, 15) is 9.59 Å². The highest BCUT2D eigenvalue weighted by Gasteiger charge is 2.50. The van der Waals surface area contributed by atoms with Gasteiger partial charge >= 0.3 is 5.97 Å². The number of likely N-dealkylation sites (tertiary alicyclic amines) is 1. The van der Waals surface area contributed by atoms with Crippen molar-refractivity contribution in [2.24, 2.45) is 5.41 Å². The molecule has 17 heavy (non-hydrogen) atoms. The summed E-state index contributed by atoms with van der Waals surface area (Å²) in [4.78, 5) is 28.2. The molecule has 1 aromatic rings. The normalized spacial score (nSPS) is 20.8. The van der Waals surface area contributed by atoms with Crippen LogP contribution in [0.5, 0.6) is 0 Å². The molecular weight excluding hydrogens is 260 g/mol. The van der Waals surface area contributed by atoms with Crippen LogP contribution in [0.2, 0.25) is 0 Å². The summed E-state index contributed by atoms with van der Waals surface area (Å²) in [6.45, 7) is 1.58. The number of carboxylic acid groups (broad SMARTS) is 1. The lowest BCUT2D eigenvalue weighted by Crippen LogP contribution is -2.64. The highest BCUT2D eigenvalue weighted by molar-refractivity contribution is 8.00. The molecule has 0 aliphatic carbocycles. The third-order valence-corrected chi connectivity index (χ3v) is 5.53. The van der Waals surface area contributed by atoms with Crippen LogP contribution in [-0.4, -0.2) is 51.5 Å². The monoisotopic (exact) mass is 270 g/mol. The summed E-state index contributed by atoms with van der Waals surface area (Å²) >= 11 is 3.01. The second-order valence-electron chi connectivity index (χ2n) is 4.50. The number of amides is 1. The van der Waals surface area contributed by atoms with Crippen molar-refractivity contribution in [2.75, 3.05) is 24.6 Å². The van der Waals surface area contributed by atoms with Crippen LogP contribution in [0.25, 0.3) is 0 Å². The van der Waals surface area contributed by atoms with Gasteiger partial charge in [-0.1, -0.05) is 0 Å². The van der Waals surface area contributed by atoms with Crippen LogP contribution in [0.1, 0.15) is 20.3 Å². The van der Waals surface area contributed by atoms with Gasteiger partial charge in [-0.3, -0.25) is 4.79 Å². The highest BCUT2D eigenvalue weighted by Crippen LogP contribution is 2.45. The number of thiazole rings is 1. The average molecular weight is 270 g/mol. The number of aromatic carboxylic acids is 1. The van der Waals surface area contributed by atoms with Gasteiger partial charge in [-0.2, -0.15) is 11.8 Å². The molecule has 2 fully saturated rings. The Balaban J connectivity index is 1.68. The quantitative estimate of drug-likeness (QED) is 0.869. The van der Waals surface area contributed by atoms with E-state index < -0.39 is 5.97 Å². The van der Waals surface area contributed by atoms with Crippen LogP contribution in [0.4, 0.5) is 0 Å². The van der Waals surface area contributed by atoms with Crippen LogP contribution in [0.15, 0.2) is 5.38 Å². The van der Waals surface area contributed by atoms with Crippen molar-refractivity contribution in [2.45, 2.75) is 0 Å². The van der Waals surface area contributed by atoms with E-state index in [2.05, 4.69) is 4.98 Å². The summed E-state index contributed by atoms with van der Waals surface area (Å²) in [6, 6.07) is 0. The number of aromatic nitrogens is 1. The minimum Gasteiger partial charge on any atom is -0.476 e. The summed E-state index contributed by atoms with van der Waals surface area (Å²) in [5.74, 6) is 1.05. The Bertz CT molecular complexity index is 487. The number of thioether (sulfide) groups is 1. The third-order valence-electron chi connectivity index (χ3n) is 3.06. The number of carboxylic acids is 1. The molecule has 0 aromatic carbocycles. The Hall–Kier alpha value is -1.08. The second-order valence-corrected chi connectivity index (χ2v) is 6.34. The van der Waals surface area contributed by atoms with Crippen molar-refractivity contribution >= 4 is 35.0 Å². The minimum atomic E-state index is -1.09. The fraction of sp³-hybridized carbons (Fsp3) is 0.500. The van der Waals surface area contributed by atoms with Gasteiger partial charge < -0.3 is 10.0 Å². The van der Waals surface area contributed by atoms with Gasteiger partial charge in [0.15, 0.2) is 10.7 Å². The Morgan fingerprint density at radius 1 is 1.41 bits per heavy atom. The van der Waals surface area contributed by atoms with Crippen LogP contribution >= 0.6 is 23.1 Å². The molecule has 2 saturated heterocycles. The van der Waals surface area contributed by atoms with Gasteiger partial charge in [0.2, 0.25) is 0 Å². The van der Waals surface area contributed by atoms with Crippen molar-refractivity contribution in [1.29, 1.82) is 0 Å². The van der Waals surface area contributed by atoms with Crippen LogP contribution < -0.4 is 0 Å². The van der Waals surface area contributed by atoms with Gasteiger partial charge in [0.25, 0.3) is 5.91 Å². The second kappa shape index (κ2) is 3.71. The van der Waals surface area contributed by atoms with Crippen LogP contribution in [0.3, 0.4) is 0 Å². The highest BCUT2D eigenvalue weighted by atomic mass is 32.2. The maximum Gasteiger partial charge on any atom is 0.355 e. The first-order valence-corrected chi connectivity index (χ1v) is 7.19. The average Bonchev–Trinajstić information content (AvgIpc) is 2.61. The Labute approximate surface area is 106 Å². The Morgan fingerprint density at radius 2 is 2.12 bits per heavy atom. The van der Waals surface area contributed by atoms with Crippen molar-refractivity contribution in [3.63, 3.8) is 0 Å². The first-order valence-electron chi connectivity index (χ1n) is 5.16. The maximum absolute atomic E-state index is 12.0. The molecule has 7 heteroatoms. The van der Waals surface area contributed by atoms with Gasteiger partial charge in [-0.15, -0.1) is 11.3 Å². The zero-order valence-electron chi connectivity index (χ0n) is 8.88. The molecule has 1 amide bonds. The van der Waals surface area contributed by atoms with E-state index in [1.54, 1.807) is 4.90 Å². The molecule has 90 valence electrons. The number of hydrogen-bond donors (Lipinski definition) is 1. The molecule has 2 aliphatic heterocycles. The summed E-state index contributed by atoms with van der Waals surface area (Å²) in [5, 5.41) is 10.4. The minimum absolute atomic E-state index is 0.0483. The van der Waals surface area contributed by atoms with Gasteiger partial charge in [-0.05, 0) is 0 Å². The van der Waals surface area contributed by atoms with E-state index in [-0.39, 0.29) is 16.6 Å². The van der Waals surface area contributed by atoms with E-state index in [0.717, 1.165) is 35.9 Å². The molecule has 0 atom stereocenters. The predicted molar refractivity (Wildman–Crippen MR) is 64.7 cm³/mol. The van der Waals surface area contributed by atoms with Gasteiger partial charge in [-0.25, -0.2) is 9.78 Å². The molecule has 3 heterocycles. The number of carbonyl (C=O) groups excluding carboxylic acids is 1. The molecule has 0 radical (unpaired) electrons. The topological polar surface area (TPSA) is 70.5 Å². The number of nitrogens with zero attached hydrogens (tertiary/aromatic N) is 2. The lowest BCUT2D eigenvalue weighted by atomic mass is 9.83.